The van der Waals surface area contributed by atoms with Crippen LogP contribution in [0.15, 0.2) is 24.3 Å². The molecule has 1 aromatic rings. The summed E-state index contributed by atoms with van der Waals surface area (Å²) in [4.78, 5) is 32.1. The van der Waals surface area contributed by atoms with Gasteiger partial charge in [-0.3, -0.25) is 14.9 Å². The van der Waals surface area contributed by atoms with Gasteiger partial charge in [-0.25, -0.2) is 4.79 Å². The van der Waals surface area contributed by atoms with E-state index >= 15 is 0 Å². The lowest BCUT2D eigenvalue weighted by Gasteiger charge is -2.08. The summed E-state index contributed by atoms with van der Waals surface area (Å²) in [6, 6.07) is 4.68. The molecule has 0 aliphatic heterocycles. The average molecular weight is 324 g/mol. The van der Waals surface area contributed by atoms with E-state index < -0.39 is 16.9 Å². The van der Waals surface area contributed by atoms with Crippen LogP contribution in [0.1, 0.15) is 24.8 Å². The molecule has 5 N–H and O–H groups in total. The van der Waals surface area contributed by atoms with Crippen molar-refractivity contribution in [2.24, 2.45) is 5.73 Å². The van der Waals surface area contributed by atoms with Gasteiger partial charge in [-0.05, 0) is 24.8 Å². The molecule has 0 saturated heterocycles. The molecule has 1 rings (SSSR count). The minimum atomic E-state index is -1.03. The van der Waals surface area contributed by atoms with Crippen LogP contribution in [0, 0.1) is 10.1 Å². The van der Waals surface area contributed by atoms with E-state index in [0.717, 1.165) is 5.56 Å². The molecule has 9 nitrogen and oxygen atoms in total. The summed E-state index contributed by atoms with van der Waals surface area (Å²) in [5, 5.41) is 24.4. The van der Waals surface area contributed by atoms with Gasteiger partial charge in [0.05, 0.1) is 4.92 Å². The number of amides is 2. The third kappa shape index (κ3) is 7.23. The van der Waals surface area contributed by atoms with Gasteiger partial charge >= 0.3 is 12.0 Å². The highest BCUT2D eigenvalue weighted by Gasteiger charge is 2.10. The van der Waals surface area contributed by atoms with Gasteiger partial charge in [-0.2, -0.15) is 0 Å². The van der Waals surface area contributed by atoms with E-state index in [4.69, 9.17) is 10.8 Å². The lowest BCUT2D eigenvalue weighted by molar-refractivity contribution is -0.384. The number of aliphatic carboxylic acids is 1. The summed E-state index contributed by atoms with van der Waals surface area (Å²) in [7, 11) is 0. The first-order chi connectivity index (χ1) is 10.9. The number of rotatable bonds is 9. The zero-order chi connectivity index (χ0) is 17.2. The molecule has 0 saturated carbocycles. The van der Waals surface area contributed by atoms with Crippen molar-refractivity contribution in [1.82, 2.24) is 10.6 Å². The second kappa shape index (κ2) is 9.36. The molecule has 1 aromatic carbocycles. The van der Waals surface area contributed by atoms with Crippen molar-refractivity contribution in [2.75, 3.05) is 6.54 Å². The minimum Gasteiger partial charge on any atom is -0.480 e. The number of carbonyl (C=O) groups is 2. The largest absolute Gasteiger partial charge is 0.480 e. The molecule has 0 aliphatic rings. The monoisotopic (exact) mass is 324 g/mol. The Labute approximate surface area is 133 Å². The van der Waals surface area contributed by atoms with Crippen LogP contribution < -0.4 is 16.4 Å². The van der Waals surface area contributed by atoms with Crippen LogP contribution in [0.25, 0.3) is 0 Å². The summed E-state index contributed by atoms with van der Waals surface area (Å²) in [5.41, 5.74) is 6.10. The molecule has 9 heteroatoms. The van der Waals surface area contributed by atoms with Crippen LogP contribution in [0.5, 0.6) is 0 Å². The lowest BCUT2D eigenvalue weighted by atomic mass is 10.1. The van der Waals surface area contributed by atoms with Crippen LogP contribution >= 0.6 is 0 Å². The number of hydrogen-bond donors (Lipinski definition) is 4. The fourth-order valence-electron chi connectivity index (χ4n) is 1.80. The molecule has 0 aliphatic carbocycles. The first kappa shape index (κ1) is 18.4. The van der Waals surface area contributed by atoms with E-state index in [1.807, 2.05) is 0 Å². The molecule has 0 aromatic heterocycles. The van der Waals surface area contributed by atoms with Crippen LogP contribution in [0.2, 0.25) is 0 Å². The number of carboxylic acids is 1. The van der Waals surface area contributed by atoms with E-state index in [9.17, 15) is 19.7 Å². The molecule has 0 spiro atoms. The van der Waals surface area contributed by atoms with Crippen LogP contribution in [0.4, 0.5) is 10.5 Å². The molecule has 1 atom stereocenters. The number of urea groups is 1. The zero-order valence-electron chi connectivity index (χ0n) is 12.5. The molecular formula is C14H20N4O5. The predicted molar refractivity (Wildman–Crippen MR) is 82.8 cm³/mol. The van der Waals surface area contributed by atoms with Crippen LogP contribution in [-0.2, 0) is 11.3 Å². The summed E-state index contributed by atoms with van der Waals surface area (Å²) in [6.07, 6.45) is 1.60. The standard InChI is InChI=1S/C14H20N4O5/c15-12(13(19)20)3-1-2-8-16-14(21)17-9-10-4-6-11(7-5-10)18(22)23/h4-7,12H,1-3,8-9,15H2,(H,19,20)(H2,16,17,21)/t12-/m0/s1. The lowest BCUT2D eigenvalue weighted by Crippen LogP contribution is -2.35. The number of carbonyl (C=O) groups excluding carboxylic acids is 1. The van der Waals surface area contributed by atoms with Crippen molar-refractivity contribution in [3.63, 3.8) is 0 Å². The minimum absolute atomic E-state index is 0.00206. The smallest absolute Gasteiger partial charge is 0.320 e. The Morgan fingerprint density at radius 3 is 2.43 bits per heavy atom. The van der Waals surface area contributed by atoms with Gasteiger partial charge in [0.25, 0.3) is 5.69 Å². The van der Waals surface area contributed by atoms with Gasteiger partial charge in [0, 0.05) is 25.2 Å². The molecule has 2 amide bonds. The topological polar surface area (TPSA) is 148 Å². The fraction of sp³-hybridized carbons (Fsp3) is 0.429. The van der Waals surface area contributed by atoms with Gasteiger partial charge in [-0.1, -0.05) is 12.1 Å². The highest BCUT2D eigenvalue weighted by molar-refractivity contribution is 5.74. The molecule has 0 heterocycles. The van der Waals surface area contributed by atoms with Crippen molar-refractivity contribution < 1.29 is 19.6 Å². The molecular weight excluding hydrogens is 304 g/mol. The Kier molecular flexibility index (Phi) is 7.48. The van der Waals surface area contributed by atoms with E-state index in [1.54, 1.807) is 12.1 Å². The number of nitro groups is 1. The SMILES string of the molecule is N[C@@H](CCCCNC(=O)NCc1ccc([N+](=O)[O-])cc1)C(=O)O. The maximum atomic E-state index is 11.5. The van der Waals surface area contributed by atoms with Crippen molar-refractivity contribution in [2.45, 2.75) is 31.8 Å². The van der Waals surface area contributed by atoms with Crippen LogP contribution in [-0.4, -0.2) is 34.6 Å². The summed E-state index contributed by atoms with van der Waals surface area (Å²) in [6.45, 7) is 0.673. The van der Waals surface area contributed by atoms with E-state index in [2.05, 4.69) is 10.6 Å². The first-order valence-electron chi connectivity index (χ1n) is 7.13. The van der Waals surface area contributed by atoms with Gasteiger partial charge in [-0.15, -0.1) is 0 Å². The van der Waals surface area contributed by atoms with Crippen LogP contribution in [0.3, 0.4) is 0 Å². The number of nitrogens with zero attached hydrogens (tertiary/aromatic N) is 1. The summed E-state index contributed by atoms with van der Waals surface area (Å²) >= 11 is 0. The Hall–Kier alpha value is -2.68. The molecule has 0 fully saturated rings. The highest BCUT2D eigenvalue weighted by atomic mass is 16.6. The first-order valence-corrected chi connectivity index (χ1v) is 7.13. The molecule has 0 bridgehead atoms. The second-order valence-electron chi connectivity index (χ2n) is 4.97. The summed E-state index contributed by atoms with van der Waals surface area (Å²) in [5.74, 6) is -1.03. The maximum Gasteiger partial charge on any atom is 0.320 e. The third-order valence-electron chi connectivity index (χ3n) is 3.14. The van der Waals surface area contributed by atoms with Gasteiger partial charge in [0.2, 0.25) is 0 Å². The fourth-order valence-corrected chi connectivity index (χ4v) is 1.80. The number of unbranched alkanes of at least 4 members (excludes halogenated alkanes) is 1. The van der Waals surface area contributed by atoms with Crippen molar-refractivity contribution in [1.29, 1.82) is 0 Å². The maximum absolute atomic E-state index is 11.5. The highest BCUT2D eigenvalue weighted by Crippen LogP contribution is 2.11. The van der Waals surface area contributed by atoms with Gasteiger partial charge in [0.1, 0.15) is 6.04 Å². The van der Waals surface area contributed by atoms with E-state index in [1.165, 1.54) is 12.1 Å². The van der Waals surface area contributed by atoms with E-state index in [0.29, 0.717) is 25.8 Å². The molecule has 126 valence electrons. The van der Waals surface area contributed by atoms with E-state index in [-0.39, 0.29) is 18.3 Å². The Balaban J connectivity index is 2.17. The number of nitro benzene ring substituents is 1. The number of benzene rings is 1. The zero-order valence-corrected chi connectivity index (χ0v) is 12.5. The Morgan fingerprint density at radius 1 is 1.22 bits per heavy atom. The second-order valence-corrected chi connectivity index (χ2v) is 4.97. The van der Waals surface area contributed by atoms with Gasteiger partial charge in [0.15, 0.2) is 0 Å². The number of non-ortho nitro benzene ring substituents is 1. The average Bonchev–Trinajstić information content (AvgIpc) is 2.52. The molecule has 0 radical (unpaired) electrons. The number of nitrogens with two attached hydrogens (primary N) is 1. The van der Waals surface area contributed by atoms with Gasteiger partial charge < -0.3 is 21.5 Å². The Bertz CT molecular complexity index is 547. The molecule has 0 unspecified atom stereocenters. The number of hydrogen-bond acceptors (Lipinski definition) is 5. The number of nitrogens with one attached hydrogen (secondary N) is 2. The summed E-state index contributed by atoms with van der Waals surface area (Å²) < 4.78 is 0. The van der Waals surface area contributed by atoms with Crippen molar-refractivity contribution in [3.05, 3.63) is 39.9 Å². The quantitative estimate of drug-likeness (QED) is 0.302. The molecule has 23 heavy (non-hydrogen) atoms. The Morgan fingerprint density at radius 2 is 1.87 bits per heavy atom. The normalized spacial score (nSPS) is 11.5. The third-order valence-corrected chi connectivity index (χ3v) is 3.14. The predicted octanol–water partition coefficient (Wildman–Crippen LogP) is 0.976. The number of carboxylic acid groups (broad SMARTS) is 1. The van der Waals surface area contributed by atoms with Crippen molar-refractivity contribution >= 4 is 17.7 Å². The van der Waals surface area contributed by atoms with Crippen molar-refractivity contribution in [3.8, 4) is 0 Å².